The number of nitrogens with zero attached hydrogens (tertiary/aromatic N) is 1. The Bertz CT molecular complexity index is 250. The van der Waals surface area contributed by atoms with E-state index in [1.807, 2.05) is 4.90 Å². The topological polar surface area (TPSA) is 89.4 Å². The van der Waals surface area contributed by atoms with Crippen LogP contribution in [0.2, 0.25) is 0 Å². The summed E-state index contributed by atoms with van der Waals surface area (Å²) >= 11 is 0. The smallest absolute Gasteiger partial charge is 0.231 e. The SMILES string of the molecule is NC(=O)CN(CC(N)=O)C1CCCCCCC1.[Cu]. The summed E-state index contributed by atoms with van der Waals surface area (Å²) in [6.07, 6.45) is 8.12. The third-order valence-corrected chi connectivity index (χ3v) is 3.31. The van der Waals surface area contributed by atoms with Crippen molar-refractivity contribution in [2.45, 2.75) is 51.0 Å². The van der Waals surface area contributed by atoms with Crippen LogP contribution in [0.4, 0.5) is 0 Å². The van der Waals surface area contributed by atoms with E-state index in [-0.39, 0.29) is 36.2 Å². The van der Waals surface area contributed by atoms with E-state index in [1.54, 1.807) is 0 Å². The molecule has 1 aliphatic carbocycles. The summed E-state index contributed by atoms with van der Waals surface area (Å²) in [5.41, 5.74) is 10.4. The summed E-state index contributed by atoms with van der Waals surface area (Å²) in [7, 11) is 0. The van der Waals surface area contributed by atoms with Crippen molar-refractivity contribution in [1.82, 2.24) is 4.90 Å². The maximum atomic E-state index is 11.0. The molecular formula is C12H23CuN3O2. The molecule has 0 heterocycles. The fraction of sp³-hybridized carbons (Fsp3) is 0.833. The molecule has 0 spiro atoms. The van der Waals surface area contributed by atoms with Crippen LogP contribution in [-0.2, 0) is 26.7 Å². The first kappa shape index (κ1) is 17.4. The van der Waals surface area contributed by atoms with E-state index in [0.717, 1.165) is 25.7 Å². The molecule has 1 radical (unpaired) electrons. The zero-order valence-electron chi connectivity index (χ0n) is 10.7. The van der Waals surface area contributed by atoms with Gasteiger partial charge in [0, 0.05) is 23.1 Å². The molecule has 0 aliphatic heterocycles. The largest absolute Gasteiger partial charge is 0.369 e. The monoisotopic (exact) mass is 304 g/mol. The van der Waals surface area contributed by atoms with Crippen molar-refractivity contribution in [2.75, 3.05) is 13.1 Å². The summed E-state index contributed by atoms with van der Waals surface area (Å²) in [6, 6.07) is 0.273. The van der Waals surface area contributed by atoms with Gasteiger partial charge in [-0.05, 0) is 12.8 Å². The maximum absolute atomic E-state index is 11.0. The Labute approximate surface area is 119 Å². The molecule has 1 saturated carbocycles. The van der Waals surface area contributed by atoms with Crippen LogP contribution in [0.1, 0.15) is 44.9 Å². The van der Waals surface area contributed by atoms with Gasteiger partial charge < -0.3 is 11.5 Å². The van der Waals surface area contributed by atoms with Gasteiger partial charge in [-0.25, -0.2) is 0 Å². The van der Waals surface area contributed by atoms with E-state index in [1.165, 1.54) is 19.3 Å². The van der Waals surface area contributed by atoms with E-state index in [2.05, 4.69) is 0 Å². The third kappa shape index (κ3) is 6.99. The predicted octanol–water partition coefficient (Wildman–Crippen LogP) is 0.369. The van der Waals surface area contributed by atoms with Crippen LogP contribution >= 0.6 is 0 Å². The first-order chi connectivity index (χ1) is 8.09. The molecule has 0 bridgehead atoms. The molecule has 0 saturated heterocycles. The van der Waals surface area contributed by atoms with Gasteiger partial charge >= 0.3 is 0 Å². The van der Waals surface area contributed by atoms with Crippen LogP contribution in [-0.4, -0.2) is 35.8 Å². The zero-order valence-corrected chi connectivity index (χ0v) is 11.6. The van der Waals surface area contributed by atoms with Gasteiger partial charge in [0.15, 0.2) is 0 Å². The van der Waals surface area contributed by atoms with Gasteiger partial charge in [0.05, 0.1) is 13.1 Å². The molecule has 2 amide bonds. The number of primary amides is 2. The van der Waals surface area contributed by atoms with Crippen LogP contribution in [0.15, 0.2) is 0 Å². The molecule has 1 rings (SSSR count). The van der Waals surface area contributed by atoms with E-state index in [4.69, 9.17) is 11.5 Å². The summed E-state index contributed by atoms with van der Waals surface area (Å²) in [5, 5.41) is 0. The minimum atomic E-state index is -0.395. The predicted molar refractivity (Wildman–Crippen MR) is 66.1 cm³/mol. The maximum Gasteiger partial charge on any atom is 0.231 e. The first-order valence-corrected chi connectivity index (χ1v) is 6.40. The molecule has 4 N–H and O–H groups in total. The number of amides is 2. The normalized spacial score (nSPS) is 17.6. The minimum absolute atomic E-state index is 0. The van der Waals surface area contributed by atoms with Gasteiger partial charge in [0.2, 0.25) is 11.8 Å². The van der Waals surface area contributed by atoms with Gasteiger partial charge in [-0.3, -0.25) is 14.5 Å². The number of carbonyl (C=O) groups is 2. The Hall–Kier alpha value is -0.581. The molecule has 6 heteroatoms. The summed E-state index contributed by atoms with van der Waals surface area (Å²) in [6.45, 7) is 0.265. The van der Waals surface area contributed by atoms with Crippen molar-refractivity contribution >= 4 is 11.8 Å². The van der Waals surface area contributed by atoms with Gasteiger partial charge in [0.25, 0.3) is 0 Å². The zero-order chi connectivity index (χ0) is 12.7. The Kier molecular flexibility index (Phi) is 9.06. The molecule has 5 nitrogen and oxygen atoms in total. The van der Waals surface area contributed by atoms with E-state index in [0.29, 0.717) is 0 Å². The van der Waals surface area contributed by atoms with Crippen molar-refractivity contribution in [3.05, 3.63) is 0 Å². The molecule has 0 unspecified atom stereocenters. The Morgan fingerprint density at radius 1 is 0.889 bits per heavy atom. The second-order valence-corrected chi connectivity index (χ2v) is 4.84. The summed E-state index contributed by atoms with van der Waals surface area (Å²) < 4.78 is 0. The second-order valence-electron chi connectivity index (χ2n) is 4.84. The Balaban J connectivity index is 0.00000289. The summed E-state index contributed by atoms with van der Waals surface area (Å²) in [5.74, 6) is -0.790. The van der Waals surface area contributed by atoms with Gasteiger partial charge in [-0.1, -0.05) is 32.1 Å². The molecule has 0 aromatic heterocycles. The Morgan fingerprint density at radius 3 is 1.67 bits per heavy atom. The van der Waals surface area contributed by atoms with Crippen LogP contribution in [0.3, 0.4) is 0 Å². The number of nitrogens with two attached hydrogens (primary N) is 2. The fourth-order valence-corrected chi connectivity index (χ4v) is 2.51. The van der Waals surface area contributed by atoms with Crippen LogP contribution < -0.4 is 11.5 Å². The van der Waals surface area contributed by atoms with Crippen LogP contribution in [0, 0.1) is 0 Å². The summed E-state index contributed by atoms with van der Waals surface area (Å²) in [4.78, 5) is 23.9. The molecule has 0 aromatic carbocycles. The molecule has 0 aromatic rings. The van der Waals surface area contributed by atoms with Crippen LogP contribution in [0.25, 0.3) is 0 Å². The van der Waals surface area contributed by atoms with Crippen molar-refractivity contribution < 1.29 is 26.7 Å². The van der Waals surface area contributed by atoms with E-state index in [9.17, 15) is 9.59 Å². The van der Waals surface area contributed by atoms with Crippen molar-refractivity contribution in [1.29, 1.82) is 0 Å². The van der Waals surface area contributed by atoms with E-state index < -0.39 is 11.8 Å². The van der Waals surface area contributed by atoms with Crippen LogP contribution in [0.5, 0.6) is 0 Å². The number of hydrogen-bond acceptors (Lipinski definition) is 3. The quantitative estimate of drug-likeness (QED) is 0.719. The molecule has 109 valence electrons. The standard InChI is InChI=1S/C12H23N3O2.Cu/c13-11(16)8-15(9-12(14)17)10-6-4-2-1-3-5-7-10;/h10H,1-9H2,(H2,13,16)(H2,14,17);. The first-order valence-electron chi connectivity index (χ1n) is 6.40. The van der Waals surface area contributed by atoms with Crippen molar-refractivity contribution in [3.8, 4) is 0 Å². The van der Waals surface area contributed by atoms with Crippen molar-refractivity contribution in [3.63, 3.8) is 0 Å². The molecule has 1 aliphatic rings. The molecular weight excluding hydrogens is 282 g/mol. The molecule has 0 atom stereocenters. The van der Waals surface area contributed by atoms with Gasteiger partial charge in [-0.15, -0.1) is 0 Å². The second kappa shape index (κ2) is 9.36. The number of rotatable bonds is 5. The van der Waals surface area contributed by atoms with E-state index >= 15 is 0 Å². The number of carbonyl (C=O) groups excluding carboxylic acids is 2. The fourth-order valence-electron chi connectivity index (χ4n) is 2.51. The third-order valence-electron chi connectivity index (χ3n) is 3.31. The average Bonchev–Trinajstić information content (AvgIpc) is 2.13. The number of hydrogen-bond donors (Lipinski definition) is 2. The van der Waals surface area contributed by atoms with Gasteiger partial charge in [-0.2, -0.15) is 0 Å². The molecule has 1 fully saturated rings. The van der Waals surface area contributed by atoms with Crippen molar-refractivity contribution in [2.24, 2.45) is 11.5 Å². The van der Waals surface area contributed by atoms with Gasteiger partial charge in [0.1, 0.15) is 0 Å². The minimum Gasteiger partial charge on any atom is -0.369 e. The molecule has 18 heavy (non-hydrogen) atoms. The Morgan fingerprint density at radius 2 is 1.28 bits per heavy atom. The average molecular weight is 305 g/mol.